The summed E-state index contributed by atoms with van der Waals surface area (Å²) in [5.41, 5.74) is 0.0436. The first-order valence-corrected chi connectivity index (χ1v) is 4.52. The first kappa shape index (κ1) is 10.6. The molecule has 0 radical (unpaired) electrons. The molecule has 14 heavy (non-hydrogen) atoms. The topological polar surface area (TPSA) is 62.1 Å². The third-order valence-corrected chi connectivity index (χ3v) is 1.92. The fraction of sp³-hybridized carbons (Fsp3) is 0.600. The molecule has 1 amide bonds. The van der Waals surface area contributed by atoms with E-state index in [1.54, 1.807) is 0 Å². The lowest BCUT2D eigenvalue weighted by Gasteiger charge is -2.17. The Morgan fingerprint density at radius 2 is 2.21 bits per heavy atom. The SMILES string of the molecule is CC(C)(C)C(=O)NC1=C(C#N)CCO1. The van der Waals surface area contributed by atoms with Crippen LogP contribution < -0.4 is 5.32 Å². The molecule has 0 unspecified atom stereocenters. The first-order valence-electron chi connectivity index (χ1n) is 4.52. The summed E-state index contributed by atoms with van der Waals surface area (Å²) >= 11 is 0. The van der Waals surface area contributed by atoms with Gasteiger partial charge in [-0.15, -0.1) is 0 Å². The Balaban J connectivity index is 2.71. The van der Waals surface area contributed by atoms with Gasteiger partial charge >= 0.3 is 0 Å². The molecule has 4 heteroatoms. The van der Waals surface area contributed by atoms with Gasteiger partial charge in [-0.25, -0.2) is 0 Å². The molecule has 4 nitrogen and oxygen atoms in total. The summed E-state index contributed by atoms with van der Waals surface area (Å²) in [7, 11) is 0. The molecule has 76 valence electrons. The molecule has 0 aromatic rings. The highest BCUT2D eigenvalue weighted by atomic mass is 16.5. The van der Waals surface area contributed by atoms with Crippen LogP contribution in [-0.4, -0.2) is 12.5 Å². The summed E-state index contributed by atoms with van der Waals surface area (Å²) < 4.78 is 5.15. The number of hydrogen-bond acceptors (Lipinski definition) is 3. The molecule has 1 aliphatic rings. The number of nitrogens with one attached hydrogen (secondary N) is 1. The average Bonchev–Trinajstić information content (AvgIpc) is 2.50. The van der Waals surface area contributed by atoms with Gasteiger partial charge in [0, 0.05) is 11.8 Å². The molecule has 0 atom stereocenters. The van der Waals surface area contributed by atoms with Crippen LogP contribution in [0.4, 0.5) is 0 Å². The van der Waals surface area contributed by atoms with E-state index in [0.717, 1.165) is 0 Å². The van der Waals surface area contributed by atoms with Crippen molar-refractivity contribution in [1.82, 2.24) is 5.32 Å². The van der Waals surface area contributed by atoms with E-state index >= 15 is 0 Å². The number of nitriles is 1. The molecule has 0 bridgehead atoms. The van der Waals surface area contributed by atoms with Gasteiger partial charge in [0.2, 0.25) is 11.8 Å². The van der Waals surface area contributed by atoms with Gasteiger partial charge in [-0.1, -0.05) is 20.8 Å². The lowest BCUT2D eigenvalue weighted by atomic mass is 9.96. The lowest BCUT2D eigenvalue weighted by Crippen LogP contribution is -2.34. The monoisotopic (exact) mass is 194 g/mol. The Bertz CT molecular complexity index is 318. The van der Waals surface area contributed by atoms with E-state index in [-0.39, 0.29) is 5.91 Å². The summed E-state index contributed by atoms with van der Waals surface area (Å²) in [4.78, 5) is 11.5. The zero-order valence-corrected chi connectivity index (χ0v) is 8.68. The molecule has 0 aliphatic carbocycles. The molecule has 1 aliphatic heterocycles. The van der Waals surface area contributed by atoms with Gasteiger partial charge in [0.25, 0.3) is 0 Å². The maximum atomic E-state index is 11.5. The standard InChI is InChI=1S/C10H14N2O2/c1-10(2,3)9(13)12-8-7(6-11)4-5-14-8/h4-5H2,1-3H3,(H,12,13). The number of nitrogens with zero attached hydrogens (tertiary/aromatic N) is 1. The molecule has 1 N–H and O–H groups in total. The molecule has 0 fully saturated rings. The first-order chi connectivity index (χ1) is 6.45. The maximum absolute atomic E-state index is 11.5. The Morgan fingerprint density at radius 1 is 1.57 bits per heavy atom. The number of rotatable bonds is 1. The highest BCUT2D eigenvalue weighted by Crippen LogP contribution is 2.19. The minimum atomic E-state index is -0.473. The van der Waals surface area contributed by atoms with Crippen LogP contribution in [0.15, 0.2) is 11.5 Å². The number of amides is 1. The molecule has 1 rings (SSSR count). The Morgan fingerprint density at radius 3 is 2.71 bits per heavy atom. The summed E-state index contributed by atoms with van der Waals surface area (Å²) in [6, 6.07) is 2.01. The van der Waals surface area contributed by atoms with Crippen LogP contribution in [0.1, 0.15) is 27.2 Å². The molecule has 1 heterocycles. The minimum absolute atomic E-state index is 0.137. The van der Waals surface area contributed by atoms with Crippen LogP contribution >= 0.6 is 0 Å². The van der Waals surface area contributed by atoms with Crippen LogP contribution in [0.2, 0.25) is 0 Å². The quantitative estimate of drug-likeness (QED) is 0.684. The van der Waals surface area contributed by atoms with E-state index in [9.17, 15) is 4.79 Å². The van der Waals surface area contributed by atoms with Gasteiger partial charge < -0.3 is 4.74 Å². The van der Waals surface area contributed by atoms with Gasteiger partial charge in [0.1, 0.15) is 6.07 Å². The summed E-state index contributed by atoms with van der Waals surface area (Å²) in [6.07, 6.45) is 0.580. The lowest BCUT2D eigenvalue weighted by molar-refractivity contribution is -0.128. The van der Waals surface area contributed by atoms with Crippen LogP contribution in [0.25, 0.3) is 0 Å². The Labute approximate surface area is 83.5 Å². The van der Waals surface area contributed by atoms with Crippen LogP contribution in [0, 0.1) is 16.7 Å². The predicted molar refractivity (Wildman–Crippen MR) is 50.8 cm³/mol. The van der Waals surface area contributed by atoms with E-state index in [0.29, 0.717) is 24.5 Å². The van der Waals surface area contributed by atoms with Crippen LogP contribution in [-0.2, 0) is 9.53 Å². The molecule has 0 aromatic heterocycles. The number of hydrogen-bond donors (Lipinski definition) is 1. The van der Waals surface area contributed by atoms with Crippen molar-refractivity contribution in [2.75, 3.05) is 6.61 Å². The van der Waals surface area contributed by atoms with Crippen molar-refractivity contribution >= 4 is 5.91 Å². The van der Waals surface area contributed by atoms with Crippen molar-refractivity contribution in [1.29, 1.82) is 5.26 Å². The molecule has 0 aromatic carbocycles. The van der Waals surface area contributed by atoms with Crippen molar-refractivity contribution in [2.24, 2.45) is 5.41 Å². The molecular weight excluding hydrogens is 180 g/mol. The van der Waals surface area contributed by atoms with E-state index in [1.165, 1.54) is 0 Å². The van der Waals surface area contributed by atoms with Gasteiger partial charge in [0.15, 0.2) is 0 Å². The van der Waals surface area contributed by atoms with Gasteiger partial charge in [-0.05, 0) is 0 Å². The number of carbonyl (C=O) groups excluding carboxylic acids is 1. The van der Waals surface area contributed by atoms with Crippen molar-refractivity contribution < 1.29 is 9.53 Å². The highest BCUT2D eigenvalue weighted by molar-refractivity contribution is 5.82. The van der Waals surface area contributed by atoms with Crippen LogP contribution in [0.3, 0.4) is 0 Å². The summed E-state index contributed by atoms with van der Waals surface area (Å²) in [6.45, 7) is 5.90. The Kier molecular flexibility index (Phi) is 2.80. The van der Waals surface area contributed by atoms with E-state index < -0.39 is 5.41 Å². The van der Waals surface area contributed by atoms with Crippen molar-refractivity contribution in [3.05, 3.63) is 11.5 Å². The maximum Gasteiger partial charge on any atom is 0.232 e. The predicted octanol–water partition coefficient (Wildman–Crippen LogP) is 1.30. The zero-order valence-electron chi connectivity index (χ0n) is 8.68. The van der Waals surface area contributed by atoms with Crippen molar-refractivity contribution in [3.63, 3.8) is 0 Å². The Hall–Kier alpha value is -1.50. The normalized spacial score (nSPS) is 16.1. The minimum Gasteiger partial charge on any atom is -0.478 e. The van der Waals surface area contributed by atoms with Crippen LogP contribution in [0.5, 0.6) is 0 Å². The van der Waals surface area contributed by atoms with Crippen molar-refractivity contribution in [2.45, 2.75) is 27.2 Å². The fourth-order valence-electron chi connectivity index (χ4n) is 0.965. The third kappa shape index (κ3) is 2.25. The molecule has 0 spiro atoms. The number of ether oxygens (including phenoxy) is 1. The molecule has 0 saturated carbocycles. The van der Waals surface area contributed by atoms with Crippen molar-refractivity contribution in [3.8, 4) is 6.07 Å². The van der Waals surface area contributed by atoms with E-state index in [1.807, 2.05) is 26.8 Å². The van der Waals surface area contributed by atoms with Gasteiger partial charge in [-0.3, -0.25) is 10.1 Å². The fourth-order valence-corrected chi connectivity index (χ4v) is 0.965. The zero-order chi connectivity index (χ0) is 10.8. The second-order valence-electron chi connectivity index (χ2n) is 4.22. The van der Waals surface area contributed by atoms with Gasteiger partial charge in [-0.2, -0.15) is 5.26 Å². The smallest absolute Gasteiger partial charge is 0.232 e. The third-order valence-electron chi connectivity index (χ3n) is 1.92. The average molecular weight is 194 g/mol. The second-order valence-corrected chi connectivity index (χ2v) is 4.22. The van der Waals surface area contributed by atoms with Gasteiger partial charge in [0.05, 0.1) is 12.2 Å². The number of carbonyl (C=O) groups is 1. The summed E-state index contributed by atoms with van der Waals surface area (Å²) in [5.74, 6) is 0.189. The second kappa shape index (κ2) is 3.70. The summed E-state index contributed by atoms with van der Waals surface area (Å²) in [5, 5.41) is 11.3. The van der Waals surface area contributed by atoms with E-state index in [4.69, 9.17) is 10.00 Å². The molecule has 0 saturated heterocycles. The largest absolute Gasteiger partial charge is 0.478 e. The van der Waals surface area contributed by atoms with E-state index in [2.05, 4.69) is 5.32 Å². The molecular formula is C10H14N2O2. The highest BCUT2D eigenvalue weighted by Gasteiger charge is 2.25.